The van der Waals surface area contributed by atoms with Crippen molar-refractivity contribution < 1.29 is 14.3 Å². The zero-order valence-corrected chi connectivity index (χ0v) is 11.9. The molecule has 1 aromatic heterocycles. The van der Waals surface area contributed by atoms with Crippen LogP contribution in [-0.4, -0.2) is 27.6 Å². The lowest BCUT2D eigenvalue weighted by Crippen LogP contribution is -2.26. The fraction of sp³-hybridized carbons (Fsp3) is 0.312. The summed E-state index contributed by atoms with van der Waals surface area (Å²) in [5.41, 5.74) is 1.38. The van der Waals surface area contributed by atoms with Crippen LogP contribution in [0.4, 0.5) is 10.1 Å². The van der Waals surface area contributed by atoms with Gasteiger partial charge in [-0.1, -0.05) is 6.07 Å². The highest BCUT2D eigenvalue weighted by Gasteiger charge is 2.25. The summed E-state index contributed by atoms with van der Waals surface area (Å²) in [7, 11) is 0. The van der Waals surface area contributed by atoms with Crippen LogP contribution in [0.3, 0.4) is 0 Å². The molecule has 1 aliphatic rings. The van der Waals surface area contributed by atoms with Crippen molar-refractivity contribution in [3.8, 4) is 0 Å². The first-order valence-electron chi connectivity index (χ1n) is 7.16. The predicted molar refractivity (Wildman–Crippen MR) is 79.2 cm³/mol. The number of rotatable bonds is 6. The van der Waals surface area contributed by atoms with Crippen LogP contribution in [-0.2, 0) is 6.54 Å². The summed E-state index contributed by atoms with van der Waals surface area (Å²) in [5, 5.41) is 8.84. The first kappa shape index (κ1) is 14.4. The number of benzene rings is 1. The molecule has 1 aromatic carbocycles. The molecule has 1 aliphatic carbocycles. The summed E-state index contributed by atoms with van der Waals surface area (Å²) < 4.78 is 13.4. The van der Waals surface area contributed by atoms with Gasteiger partial charge < -0.3 is 10.0 Å². The summed E-state index contributed by atoms with van der Waals surface area (Å²) in [6, 6.07) is 6.47. The number of carboxylic acids is 1. The van der Waals surface area contributed by atoms with Crippen LogP contribution in [0.15, 0.2) is 36.7 Å². The third kappa shape index (κ3) is 3.58. The Labute approximate surface area is 127 Å². The standard InChI is InChI=1S/C16H16FN3O2/c17-12-2-1-3-14(6-12)20(9-11-4-5-11)10-13-7-19-15(8-18-13)16(21)22/h1-3,6-8,11H,4-5,9-10H2,(H,21,22). The molecule has 0 unspecified atom stereocenters. The van der Waals surface area contributed by atoms with E-state index in [1.54, 1.807) is 6.07 Å². The van der Waals surface area contributed by atoms with Gasteiger partial charge >= 0.3 is 5.97 Å². The molecule has 3 rings (SSSR count). The maximum absolute atomic E-state index is 13.4. The molecule has 22 heavy (non-hydrogen) atoms. The summed E-state index contributed by atoms with van der Waals surface area (Å²) >= 11 is 0. The van der Waals surface area contributed by atoms with Gasteiger partial charge in [0.2, 0.25) is 0 Å². The molecule has 0 aliphatic heterocycles. The van der Waals surface area contributed by atoms with E-state index in [2.05, 4.69) is 14.9 Å². The molecule has 114 valence electrons. The lowest BCUT2D eigenvalue weighted by molar-refractivity contribution is 0.0690. The number of nitrogens with zero attached hydrogens (tertiary/aromatic N) is 3. The fourth-order valence-corrected chi connectivity index (χ4v) is 2.29. The zero-order chi connectivity index (χ0) is 15.5. The molecule has 6 heteroatoms. The molecule has 0 bridgehead atoms. The van der Waals surface area contributed by atoms with E-state index < -0.39 is 5.97 Å². The lowest BCUT2D eigenvalue weighted by atomic mass is 10.2. The highest BCUT2D eigenvalue weighted by molar-refractivity contribution is 5.84. The lowest BCUT2D eigenvalue weighted by Gasteiger charge is -2.24. The van der Waals surface area contributed by atoms with Crippen LogP contribution >= 0.6 is 0 Å². The maximum atomic E-state index is 13.4. The second-order valence-corrected chi connectivity index (χ2v) is 5.50. The van der Waals surface area contributed by atoms with Crippen molar-refractivity contribution >= 4 is 11.7 Å². The molecule has 1 fully saturated rings. The molecule has 1 N–H and O–H groups in total. The minimum Gasteiger partial charge on any atom is -0.476 e. The van der Waals surface area contributed by atoms with Gasteiger partial charge in [-0.15, -0.1) is 0 Å². The van der Waals surface area contributed by atoms with E-state index in [1.165, 1.54) is 37.4 Å². The van der Waals surface area contributed by atoms with E-state index in [9.17, 15) is 9.18 Å². The molecular weight excluding hydrogens is 285 g/mol. The summed E-state index contributed by atoms with van der Waals surface area (Å²) in [6.07, 6.45) is 5.09. The van der Waals surface area contributed by atoms with Crippen LogP contribution in [0.2, 0.25) is 0 Å². The van der Waals surface area contributed by atoms with Crippen LogP contribution in [0, 0.1) is 11.7 Å². The Morgan fingerprint density at radius 2 is 2.14 bits per heavy atom. The van der Waals surface area contributed by atoms with Crippen molar-refractivity contribution in [1.29, 1.82) is 0 Å². The van der Waals surface area contributed by atoms with E-state index in [1.807, 2.05) is 6.07 Å². The van der Waals surface area contributed by atoms with E-state index in [4.69, 9.17) is 5.11 Å². The quantitative estimate of drug-likeness (QED) is 0.888. The predicted octanol–water partition coefficient (Wildman–Crippen LogP) is 2.73. The summed E-state index contributed by atoms with van der Waals surface area (Å²) in [5.74, 6) is -0.737. The van der Waals surface area contributed by atoms with E-state index in [-0.39, 0.29) is 11.5 Å². The van der Waals surface area contributed by atoms with Crippen molar-refractivity contribution in [1.82, 2.24) is 9.97 Å². The maximum Gasteiger partial charge on any atom is 0.356 e. The average molecular weight is 301 g/mol. The van der Waals surface area contributed by atoms with E-state index >= 15 is 0 Å². The SMILES string of the molecule is O=C(O)c1cnc(CN(CC2CC2)c2cccc(F)c2)cn1. The minimum absolute atomic E-state index is 0.0803. The van der Waals surface area contributed by atoms with Crippen molar-refractivity contribution in [2.24, 2.45) is 5.92 Å². The van der Waals surface area contributed by atoms with Gasteiger partial charge in [0.15, 0.2) is 5.69 Å². The number of hydrogen-bond donors (Lipinski definition) is 1. The first-order valence-corrected chi connectivity index (χ1v) is 7.16. The van der Waals surface area contributed by atoms with Gasteiger partial charge in [-0.2, -0.15) is 0 Å². The van der Waals surface area contributed by atoms with Gasteiger partial charge in [0.1, 0.15) is 5.82 Å². The van der Waals surface area contributed by atoms with Gasteiger partial charge in [-0.05, 0) is 37.0 Å². The molecule has 0 saturated heterocycles. The van der Waals surface area contributed by atoms with Crippen LogP contribution in [0.1, 0.15) is 29.0 Å². The van der Waals surface area contributed by atoms with Crippen LogP contribution in [0.25, 0.3) is 0 Å². The van der Waals surface area contributed by atoms with Gasteiger partial charge in [-0.25, -0.2) is 14.2 Å². The first-order chi connectivity index (χ1) is 10.6. The molecule has 0 amide bonds. The molecule has 2 aromatic rings. The van der Waals surface area contributed by atoms with Gasteiger partial charge in [0.25, 0.3) is 0 Å². The smallest absolute Gasteiger partial charge is 0.356 e. The van der Waals surface area contributed by atoms with E-state index in [0.29, 0.717) is 18.2 Å². The Balaban J connectivity index is 1.78. The Hall–Kier alpha value is -2.50. The minimum atomic E-state index is -1.10. The largest absolute Gasteiger partial charge is 0.476 e. The van der Waals surface area contributed by atoms with Crippen molar-refractivity contribution in [3.63, 3.8) is 0 Å². The average Bonchev–Trinajstić information content (AvgIpc) is 3.31. The molecule has 0 radical (unpaired) electrons. The van der Waals surface area contributed by atoms with E-state index in [0.717, 1.165) is 12.2 Å². The third-order valence-electron chi connectivity index (χ3n) is 3.63. The van der Waals surface area contributed by atoms with Gasteiger partial charge in [0, 0.05) is 12.2 Å². The highest BCUT2D eigenvalue weighted by atomic mass is 19.1. The van der Waals surface area contributed by atoms with Crippen LogP contribution < -0.4 is 4.90 Å². The molecule has 1 saturated carbocycles. The van der Waals surface area contributed by atoms with Crippen molar-refractivity contribution in [2.75, 3.05) is 11.4 Å². The second kappa shape index (κ2) is 6.09. The number of halogens is 1. The van der Waals surface area contributed by atoms with Gasteiger partial charge in [0.05, 0.1) is 24.6 Å². The monoisotopic (exact) mass is 301 g/mol. The number of aromatic carboxylic acids is 1. The molecule has 5 nitrogen and oxygen atoms in total. The van der Waals surface area contributed by atoms with Crippen molar-refractivity contribution in [2.45, 2.75) is 19.4 Å². The number of hydrogen-bond acceptors (Lipinski definition) is 4. The summed E-state index contributed by atoms with van der Waals surface area (Å²) in [6.45, 7) is 1.32. The Morgan fingerprint density at radius 1 is 1.32 bits per heavy atom. The topological polar surface area (TPSA) is 66.3 Å². The van der Waals surface area contributed by atoms with Gasteiger partial charge in [-0.3, -0.25) is 4.98 Å². The Kier molecular flexibility index (Phi) is 4.00. The third-order valence-corrected chi connectivity index (χ3v) is 3.63. The number of aromatic nitrogens is 2. The second-order valence-electron chi connectivity index (χ2n) is 5.50. The highest BCUT2D eigenvalue weighted by Crippen LogP contribution is 2.32. The van der Waals surface area contributed by atoms with Crippen molar-refractivity contribution in [3.05, 3.63) is 53.9 Å². The Bertz CT molecular complexity index is 671. The molecular formula is C16H16FN3O2. The number of carboxylic acid groups (broad SMARTS) is 1. The Morgan fingerprint density at radius 3 is 2.73 bits per heavy atom. The summed E-state index contributed by atoms with van der Waals surface area (Å²) in [4.78, 5) is 20.9. The molecule has 0 spiro atoms. The zero-order valence-electron chi connectivity index (χ0n) is 11.9. The van der Waals surface area contributed by atoms with Crippen LogP contribution in [0.5, 0.6) is 0 Å². The fourth-order valence-electron chi connectivity index (χ4n) is 2.29. The normalized spacial score (nSPS) is 13.9. The molecule has 1 heterocycles. The number of carbonyl (C=O) groups is 1. The molecule has 0 atom stereocenters. The number of anilines is 1.